The van der Waals surface area contributed by atoms with Crippen LogP contribution in [0.1, 0.15) is 42.4 Å². The highest BCUT2D eigenvalue weighted by molar-refractivity contribution is 5.48. The van der Waals surface area contributed by atoms with Gasteiger partial charge in [0.25, 0.3) is 0 Å². The van der Waals surface area contributed by atoms with Crippen molar-refractivity contribution in [3.8, 4) is 0 Å². The molecule has 0 aromatic heterocycles. The van der Waals surface area contributed by atoms with Crippen molar-refractivity contribution in [2.45, 2.75) is 37.8 Å². The standard InChI is InChI=1S/C29H34N2O/c32-29(25-9-3-1-4-10-25,26-11-5-2-6-12-26)27-17-21-30(22-18-27)23-24-13-15-28(16-14-24)31-19-7-8-20-31/h1-6,9-16,27,32H,7-8,17-23H2. The Bertz CT molecular complexity index is 933. The molecule has 0 spiro atoms. The second-order valence-corrected chi connectivity index (χ2v) is 9.41. The number of likely N-dealkylation sites (tertiary alicyclic amines) is 1. The van der Waals surface area contributed by atoms with Gasteiger partial charge in [0.15, 0.2) is 0 Å². The van der Waals surface area contributed by atoms with Crippen LogP contribution in [0.15, 0.2) is 84.9 Å². The Morgan fingerprint density at radius 3 is 1.75 bits per heavy atom. The van der Waals surface area contributed by atoms with E-state index in [1.807, 2.05) is 36.4 Å². The van der Waals surface area contributed by atoms with Crippen LogP contribution < -0.4 is 4.90 Å². The molecule has 5 rings (SSSR count). The molecule has 166 valence electrons. The largest absolute Gasteiger partial charge is 0.380 e. The quantitative estimate of drug-likeness (QED) is 0.569. The molecular formula is C29H34N2O. The molecule has 0 bridgehead atoms. The average Bonchev–Trinajstić information content (AvgIpc) is 3.41. The lowest BCUT2D eigenvalue weighted by Crippen LogP contribution is -2.44. The van der Waals surface area contributed by atoms with E-state index in [1.165, 1.54) is 37.2 Å². The minimum Gasteiger partial charge on any atom is -0.380 e. The second kappa shape index (κ2) is 9.48. The van der Waals surface area contributed by atoms with Crippen molar-refractivity contribution in [1.82, 2.24) is 4.90 Å². The van der Waals surface area contributed by atoms with E-state index in [0.29, 0.717) is 0 Å². The number of rotatable bonds is 6. The number of benzene rings is 3. The lowest BCUT2D eigenvalue weighted by Gasteiger charge is -2.42. The summed E-state index contributed by atoms with van der Waals surface area (Å²) >= 11 is 0. The first-order valence-corrected chi connectivity index (χ1v) is 12.1. The van der Waals surface area contributed by atoms with Gasteiger partial charge in [-0.25, -0.2) is 0 Å². The fraction of sp³-hybridized carbons (Fsp3) is 0.379. The van der Waals surface area contributed by atoms with Crippen LogP contribution in [-0.4, -0.2) is 36.2 Å². The van der Waals surface area contributed by atoms with Crippen LogP contribution in [0, 0.1) is 5.92 Å². The zero-order valence-electron chi connectivity index (χ0n) is 18.9. The normalized spacial score (nSPS) is 18.2. The lowest BCUT2D eigenvalue weighted by atomic mass is 9.72. The number of anilines is 1. The predicted molar refractivity (Wildman–Crippen MR) is 132 cm³/mol. The Kier molecular flexibility index (Phi) is 6.29. The first-order chi connectivity index (χ1) is 15.7. The summed E-state index contributed by atoms with van der Waals surface area (Å²) in [6.07, 6.45) is 4.61. The molecule has 2 saturated heterocycles. The highest BCUT2D eigenvalue weighted by atomic mass is 16.3. The Labute approximate surface area is 192 Å². The van der Waals surface area contributed by atoms with Crippen LogP contribution in [0.2, 0.25) is 0 Å². The molecule has 0 atom stereocenters. The van der Waals surface area contributed by atoms with E-state index in [-0.39, 0.29) is 5.92 Å². The molecule has 3 heteroatoms. The maximum absolute atomic E-state index is 12.1. The second-order valence-electron chi connectivity index (χ2n) is 9.41. The maximum atomic E-state index is 12.1. The van der Waals surface area contributed by atoms with Gasteiger partial charge in [0.2, 0.25) is 0 Å². The van der Waals surface area contributed by atoms with Gasteiger partial charge in [-0.15, -0.1) is 0 Å². The molecule has 2 aliphatic heterocycles. The SMILES string of the molecule is OC(c1ccccc1)(c1ccccc1)C1CCN(Cc2ccc(N3CCCC3)cc2)CC1. The molecule has 0 radical (unpaired) electrons. The minimum atomic E-state index is -0.939. The van der Waals surface area contributed by atoms with Crippen LogP contribution in [0.3, 0.4) is 0 Å². The van der Waals surface area contributed by atoms with E-state index in [1.54, 1.807) is 0 Å². The predicted octanol–water partition coefficient (Wildman–Crippen LogP) is 5.43. The average molecular weight is 427 g/mol. The van der Waals surface area contributed by atoms with E-state index < -0.39 is 5.60 Å². The molecule has 0 saturated carbocycles. The van der Waals surface area contributed by atoms with Crippen molar-refractivity contribution >= 4 is 5.69 Å². The van der Waals surface area contributed by atoms with Gasteiger partial charge in [-0.2, -0.15) is 0 Å². The third-order valence-corrected chi connectivity index (χ3v) is 7.42. The summed E-state index contributed by atoms with van der Waals surface area (Å²) in [5, 5.41) is 12.1. The molecule has 1 N–H and O–H groups in total. The molecular weight excluding hydrogens is 392 g/mol. The summed E-state index contributed by atoms with van der Waals surface area (Å²) in [6, 6.07) is 29.6. The van der Waals surface area contributed by atoms with E-state index in [2.05, 4.69) is 58.3 Å². The number of aliphatic hydroxyl groups is 1. The number of hydrogen-bond acceptors (Lipinski definition) is 3. The van der Waals surface area contributed by atoms with Crippen molar-refractivity contribution in [2.24, 2.45) is 5.92 Å². The fourth-order valence-electron chi connectivity index (χ4n) is 5.58. The molecule has 2 heterocycles. The van der Waals surface area contributed by atoms with Crippen LogP contribution in [0.5, 0.6) is 0 Å². The molecule has 3 aromatic rings. The third-order valence-electron chi connectivity index (χ3n) is 7.42. The van der Waals surface area contributed by atoms with E-state index >= 15 is 0 Å². The minimum absolute atomic E-state index is 0.209. The summed E-state index contributed by atoms with van der Waals surface area (Å²) in [5.74, 6) is 0.209. The highest BCUT2D eigenvalue weighted by Crippen LogP contribution is 2.42. The number of hydrogen-bond donors (Lipinski definition) is 1. The van der Waals surface area contributed by atoms with Crippen molar-refractivity contribution in [3.63, 3.8) is 0 Å². The number of nitrogens with zero attached hydrogens (tertiary/aromatic N) is 2. The summed E-state index contributed by atoms with van der Waals surface area (Å²) in [5.41, 5.74) is 3.81. The molecule has 2 aliphatic rings. The zero-order chi connectivity index (χ0) is 21.8. The van der Waals surface area contributed by atoms with Crippen molar-refractivity contribution in [1.29, 1.82) is 0 Å². The Hall–Kier alpha value is -2.62. The molecule has 2 fully saturated rings. The van der Waals surface area contributed by atoms with Gasteiger partial charge >= 0.3 is 0 Å². The van der Waals surface area contributed by atoms with E-state index in [9.17, 15) is 5.11 Å². The molecule has 3 aromatic carbocycles. The van der Waals surface area contributed by atoms with Gasteiger partial charge in [-0.05, 0) is 73.5 Å². The van der Waals surface area contributed by atoms with Crippen LogP contribution in [0.4, 0.5) is 5.69 Å². The van der Waals surface area contributed by atoms with Gasteiger partial charge < -0.3 is 10.0 Å². The van der Waals surface area contributed by atoms with Crippen molar-refractivity contribution in [3.05, 3.63) is 102 Å². The van der Waals surface area contributed by atoms with Gasteiger partial charge in [-0.3, -0.25) is 4.90 Å². The topological polar surface area (TPSA) is 26.7 Å². The Morgan fingerprint density at radius 1 is 0.688 bits per heavy atom. The molecule has 32 heavy (non-hydrogen) atoms. The van der Waals surface area contributed by atoms with Crippen molar-refractivity contribution in [2.75, 3.05) is 31.1 Å². The summed E-state index contributed by atoms with van der Waals surface area (Å²) in [6.45, 7) is 5.40. The summed E-state index contributed by atoms with van der Waals surface area (Å²) in [7, 11) is 0. The zero-order valence-corrected chi connectivity index (χ0v) is 18.9. The van der Waals surface area contributed by atoms with Gasteiger partial charge in [0.1, 0.15) is 5.60 Å². The van der Waals surface area contributed by atoms with Crippen LogP contribution >= 0.6 is 0 Å². The lowest BCUT2D eigenvalue weighted by molar-refractivity contribution is -0.0152. The molecule has 0 amide bonds. The van der Waals surface area contributed by atoms with Crippen LogP contribution in [-0.2, 0) is 12.1 Å². The fourth-order valence-corrected chi connectivity index (χ4v) is 5.58. The van der Waals surface area contributed by atoms with Crippen molar-refractivity contribution < 1.29 is 5.11 Å². The van der Waals surface area contributed by atoms with E-state index in [4.69, 9.17) is 0 Å². The van der Waals surface area contributed by atoms with Gasteiger partial charge in [-0.1, -0.05) is 72.8 Å². The Balaban J connectivity index is 1.26. The van der Waals surface area contributed by atoms with Gasteiger partial charge in [0.05, 0.1) is 0 Å². The summed E-state index contributed by atoms with van der Waals surface area (Å²) < 4.78 is 0. The first-order valence-electron chi connectivity index (χ1n) is 12.1. The van der Waals surface area contributed by atoms with E-state index in [0.717, 1.165) is 43.6 Å². The Morgan fingerprint density at radius 2 is 1.22 bits per heavy atom. The van der Waals surface area contributed by atoms with Crippen LogP contribution in [0.25, 0.3) is 0 Å². The number of piperidine rings is 1. The molecule has 0 unspecified atom stereocenters. The molecule has 3 nitrogen and oxygen atoms in total. The first kappa shape index (κ1) is 21.2. The maximum Gasteiger partial charge on any atom is 0.117 e. The smallest absolute Gasteiger partial charge is 0.117 e. The summed E-state index contributed by atoms with van der Waals surface area (Å²) in [4.78, 5) is 5.03. The van der Waals surface area contributed by atoms with Gasteiger partial charge in [0, 0.05) is 25.3 Å². The monoisotopic (exact) mass is 426 g/mol. The third kappa shape index (κ3) is 4.32. The highest BCUT2D eigenvalue weighted by Gasteiger charge is 2.41. The molecule has 0 aliphatic carbocycles.